The molecule has 1 atom stereocenters. The summed E-state index contributed by atoms with van der Waals surface area (Å²) >= 11 is 0. The van der Waals surface area contributed by atoms with Crippen molar-refractivity contribution in [1.82, 2.24) is 4.57 Å². The van der Waals surface area contributed by atoms with Gasteiger partial charge in [0.2, 0.25) is 0 Å². The highest BCUT2D eigenvalue weighted by Gasteiger charge is 2.20. The summed E-state index contributed by atoms with van der Waals surface area (Å²) in [5.74, 6) is -1.01. The van der Waals surface area contributed by atoms with Gasteiger partial charge in [-0.05, 0) is 68.7 Å². The van der Waals surface area contributed by atoms with Crippen LogP contribution in [0.15, 0.2) is 35.9 Å². The summed E-state index contributed by atoms with van der Waals surface area (Å²) < 4.78 is 17.8. The zero-order valence-corrected chi connectivity index (χ0v) is 17.3. The van der Waals surface area contributed by atoms with E-state index in [1.807, 2.05) is 26.0 Å². The van der Waals surface area contributed by atoms with E-state index in [0.717, 1.165) is 42.9 Å². The average molecular weight is 408 g/mol. The minimum Gasteiger partial charge on any atom is -0.465 e. The number of aromatic nitrogens is 1. The zero-order chi connectivity index (χ0) is 21.7. The fraction of sp³-hybridized carbons (Fsp3) is 0.348. The number of methoxy groups -OCH3 is 1. The molecule has 0 spiro atoms. The molecule has 2 aromatic rings. The molecule has 1 fully saturated rings. The third-order valence-corrected chi connectivity index (χ3v) is 5.15. The minimum absolute atomic E-state index is 0.107. The number of aryl methyl sites for hydroxylation is 1. The Hall–Kier alpha value is -3.37. The van der Waals surface area contributed by atoms with Crippen LogP contribution in [0.2, 0.25) is 0 Å². The summed E-state index contributed by atoms with van der Waals surface area (Å²) in [5.41, 5.74) is 3.03. The molecule has 30 heavy (non-hydrogen) atoms. The second-order valence-electron chi connectivity index (χ2n) is 7.15. The van der Waals surface area contributed by atoms with Crippen molar-refractivity contribution in [3.05, 3.63) is 58.4 Å². The lowest BCUT2D eigenvalue weighted by Crippen LogP contribution is -2.16. The SMILES string of the molecule is COC(=O)c1ccc(OC(=O)/C(C#N)=C/c2cc(C)n(C[C@@H]3CCCO3)c2C)cc1. The number of hydrogen-bond acceptors (Lipinski definition) is 6. The van der Waals surface area contributed by atoms with E-state index in [0.29, 0.717) is 5.56 Å². The first-order valence-corrected chi connectivity index (χ1v) is 9.73. The molecule has 1 aromatic carbocycles. The maximum absolute atomic E-state index is 12.5. The number of carbonyl (C=O) groups excluding carboxylic acids is 2. The summed E-state index contributed by atoms with van der Waals surface area (Å²) in [6, 6.07) is 9.80. The lowest BCUT2D eigenvalue weighted by Gasteiger charge is -2.14. The van der Waals surface area contributed by atoms with E-state index in [4.69, 9.17) is 9.47 Å². The second kappa shape index (κ2) is 9.42. The maximum atomic E-state index is 12.5. The molecule has 1 aliphatic heterocycles. The van der Waals surface area contributed by atoms with Crippen molar-refractivity contribution in [2.45, 2.75) is 39.3 Å². The van der Waals surface area contributed by atoms with Crippen molar-refractivity contribution >= 4 is 18.0 Å². The zero-order valence-electron chi connectivity index (χ0n) is 17.3. The van der Waals surface area contributed by atoms with Crippen molar-refractivity contribution in [3.8, 4) is 11.8 Å². The van der Waals surface area contributed by atoms with E-state index in [9.17, 15) is 14.9 Å². The number of carbonyl (C=O) groups is 2. The van der Waals surface area contributed by atoms with Gasteiger partial charge in [0.15, 0.2) is 0 Å². The summed E-state index contributed by atoms with van der Waals surface area (Å²) in [4.78, 5) is 24.0. The largest absolute Gasteiger partial charge is 0.465 e. The van der Waals surface area contributed by atoms with Crippen molar-refractivity contribution in [1.29, 1.82) is 5.26 Å². The predicted molar refractivity (Wildman–Crippen MR) is 110 cm³/mol. The molecule has 0 aliphatic carbocycles. The Morgan fingerprint density at radius 2 is 2.03 bits per heavy atom. The summed E-state index contributed by atoms with van der Waals surface area (Å²) in [5, 5.41) is 9.47. The van der Waals surface area contributed by atoms with Gasteiger partial charge in [-0.2, -0.15) is 5.26 Å². The number of nitrogens with zero attached hydrogens (tertiary/aromatic N) is 2. The van der Waals surface area contributed by atoms with Gasteiger partial charge in [-0.15, -0.1) is 0 Å². The van der Waals surface area contributed by atoms with Crippen LogP contribution in [0, 0.1) is 25.2 Å². The molecule has 0 N–H and O–H groups in total. The third-order valence-electron chi connectivity index (χ3n) is 5.15. The Bertz CT molecular complexity index is 1010. The molecule has 0 bridgehead atoms. The highest BCUT2D eigenvalue weighted by molar-refractivity contribution is 5.99. The Balaban J connectivity index is 1.75. The Morgan fingerprint density at radius 1 is 1.30 bits per heavy atom. The summed E-state index contributed by atoms with van der Waals surface area (Å²) in [6.07, 6.45) is 3.84. The molecule has 1 aliphatic rings. The van der Waals surface area contributed by atoms with Crippen molar-refractivity contribution < 1.29 is 23.8 Å². The molecule has 156 valence electrons. The monoisotopic (exact) mass is 408 g/mol. The van der Waals surface area contributed by atoms with Gasteiger partial charge in [-0.3, -0.25) is 0 Å². The Labute approximate surface area is 175 Å². The second-order valence-corrected chi connectivity index (χ2v) is 7.15. The van der Waals surface area contributed by atoms with Gasteiger partial charge in [-0.25, -0.2) is 9.59 Å². The van der Waals surface area contributed by atoms with Crippen LogP contribution in [-0.4, -0.2) is 36.3 Å². The van der Waals surface area contributed by atoms with Crippen LogP contribution in [0.1, 0.15) is 40.2 Å². The maximum Gasteiger partial charge on any atom is 0.354 e. The Kier molecular flexibility index (Phi) is 6.70. The summed E-state index contributed by atoms with van der Waals surface area (Å²) in [7, 11) is 1.29. The van der Waals surface area contributed by atoms with Crippen molar-refractivity contribution in [2.24, 2.45) is 0 Å². The fourth-order valence-corrected chi connectivity index (χ4v) is 3.48. The van der Waals surface area contributed by atoms with Gasteiger partial charge in [-0.1, -0.05) is 0 Å². The van der Waals surface area contributed by atoms with Gasteiger partial charge in [0.1, 0.15) is 17.4 Å². The van der Waals surface area contributed by atoms with Crippen molar-refractivity contribution in [2.75, 3.05) is 13.7 Å². The van der Waals surface area contributed by atoms with E-state index in [1.165, 1.54) is 31.4 Å². The number of esters is 2. The number of nitriles is 1. The Morgan fingerprint density at radius 3 is 2.63 bits per heavy atom. The minimum atomic E-state index is -0.757. The smallest absolute Gasteiger partial charge is 0.354 e. The van der Waals surface area contributed by atoms with Crippen LogP contribution < -0.4 is 4.74 Å². The quantitative estimate of drug-likeness (QED) is 0.314. The molecule has 2 heterocycles. The predicted octanol–water partition coefficient (Wildman–Crippen LogP) is 3.58. The average Bonchev–Trinajstić information content (AvgIpc) is 3.35. The van der Waals surface area contributed by atoms with E-state index in [-0.39, 0.29) is 17.4 Å². The first-order chi connectivity index (χ1) is 14.4. The number of benzene rings is 1. The first kappa shape index (κ1) is 21.3. The highest BCUT2D eigenvalue weighted by atomic mass is 16.5. The van der Waals surface area contributed by atoms with Gasteiger partial charge in [0.25, 0.3) is 0 Å². The number of rotatable bonds is 6. The lowest BCUT2D eigenvalue weighted by atomic mass is 10.1. The van der Waals surface area contributed by atoms with E-state index in [1.54, 1.807) is 6.08 Å². The third kappa shape index (κ3) is 4.78. The molecule has 7 heteroatoms. The van der Waals surface area contributed by atoms with Crippen LogP contribution in [0.3, 0.4) is 0 Å². The van der Waals surface area contributed by atoms with Gasteiger partial charge >= 0.3 is 11.9 Å². The van der Waals surface area contributed by atoms with Crippen LogP contribution in [0.5, 0.6) is 5.75 Å². The van der Waals surface area contributed by atoms with Crippen LogP contribution in [0.4, 0.5) is 0 Å². The van der Waals surface area contributed by atoms with E-state index >= 15 is 0 Å². The highest BCUT2D eigenvalue weighted by Crippen LogP contribution is 2.23. The van der Waals surface area contributed by atoms with Crippen LogP contribution in [0.25, 0.3) is 6.08 Å². The fourth-order valence-electron chi connectivity index (χ4n) is 3.48. The van der Waals surface area contributed by atoms with E-state index in [2.05, 4.69) is 9.30 Å². The molecule has 3 rings (SSSR count). The van der Waals surface area contributed by atoms with Crippen molar-refractivity contribution in [3.63, 3.8) is 0 Å². The first-order valence-electron chi connectivity index (χ1n) is 9.73. The number of ether oxygens (including phenoxy) is 3. The van der Waals surface area contributed by atoms with Gasteiger partial charge in [0, 0.05) is 24.5 Å². The molecular formula is C23H24N2O5. The lowest BCUT2D eigenvalue weighted by molar-refractivity contribution is -0.129. The molecule has 1 aromatic heterocycles. The molecule has 1 saturated heterocycles. The molecule has 0 saturated carbocycles. The van der Waals surface area contributed by atoms with E-state index < -0.39 is 11.9 Å². The van der Waals surface area contributed by atoms with Crippen LogP contribution in [-0.2, 0) is 20.8 Å². The number of hydrogen-bond donors (Lipinski definition) is 0. The normalized spacial score (nSPS) is 16.2. The molecule has 0 amide bonds. The van der Waals surface area contributed by atoms with Gasteiger partial charge in [0.05, 0.1) is 18.8 Å². The van der Waals surface area contributed by atoms with Gasteiger partial charge < -0.3 is 18.8 Å². The molecule has 7 nitrogen and oxygen atoms in total. The standard InChI is InChI=1S/C23H24N2O5/c1-15-11-18(16(2)25(15)14-21-5-4-10-29-21)12-19(13-24)23(27)30-20-8-6-17(7-9-20)22(26)28-3/h6-9,11-12,21H,4-5,10,14H2,1-3H3/b19-12+/t21-/m0/s1. The van der Waals surface area contributed by atoms with Crippen LogP contribution >= 0.6 is 0 Å². The topological polar surface area (TPSA) is 90.5 Å². The summed E-state index contributed by atoms with van der Waals surface area (Å²) in [6.45, 7) is 5.50. The molecule has 0 unspecified atom stereocenters. The molecule has 0 radical (unpaired) electrons. The molecular weight excluding hydrogens is 384 g/mol.